The molecule has 0 aromatic carbocycles. The number of rotatable bonds is 1. The molecule has 5 heavy (non-hydrogen) atoms. The topological polar surface area (TPSA) is 0 Å². The second kappa shape index (κ2) is 4.46. The lowest BCUT2D eigenvalue weighted by Gasteiger charge is -1.63. The van der Waals surface area contributed by atoms with Crippen molar-refractivity contribution in [2.45, 2.75) is 0 Å². The largest absolute Gasteiger partial charge is 0.122 e. The molecule has 1 atom stereocenters. The Bertz CT molecular complexity index is 33.9. The van der Waals surface area contributed by atoms with Gasteiger partial charge in [0.05, 0.1) is 0 Å². The van der Waals surface area contributed by atoms with Gasteiger partial charge >= 0.3 is 0 Å². The van der Waals surface area contributed by atoms with Crippen molar-refractivity contribution in [3.05, 3.63) is 11.9 Å². The summed E-state index contributed by atoms with van der Waals surface area (Å²) >= 11 is 5.20. The Kier molecular flexibility index (Phi) is 4.87. The molecule has 0 bridgehead atoms. The van der Waals surface area contributed by atoms with Crippen LogP contribution >= 0.6 is 20.8 Å². The van der Waals surface area contributed by atoms with Crippen molar-refractivity contribution in [1.29, 1.82) is 0 Å². The van der Waals surface area contributed by atoms with E-state index in [1.807, 2.05) is 11.9 Å². The van der Waals surface area contributed by atoms with Gasteiger partial charge in [-0.15, -0.1) is 20.8 Å². The van der Waals surface area contributed by atoms with Crippen molar-refractivity contribution >= 4 is 20.8 Å². The van der Waals surface area contributed by atoms with Gasteiger partial charge in [-0.25, -0.2) is 0 Å². The molecule has 0 aliphatic carbocycles. The molecule has 0 amide bonds. The molecule has 0 spiro atoms. The Labute approximate surface area is 39.4 Å². The summed E-state index contributed by atoms with van der Waals surface area (Å²) in [6.45, 7) is 0. The van der Waals surface area contributed by atoms with Crippen molar-refractivity contribution in [2.24, 2.45) is 0 Å². The van der Waals surface area contributed by atoms with Crippen LogP contribution in [0.25, 0.3) is 0 Å². The Morgan fingerprint density at radius 3 is 2.40 bits per heavy atom. The molecule has 30 valence electrons. The van der Waals surface area contributed by atoms with E-state index in [1.54, 1.807) is 0 Å². The maximum atomic E-state index is 5.20. The van der Waals surface area contributed by atoms with E-state index in [9.17, 15) is 0 Å². The Balaban J connectivity index is 2.62. The van der Waals surface area contributed by atoms with Crippen LogP contribution in [0.4, 0.5) is 0 Å². The van der Waals surface area contributed by atoms with Gasteiger partial charge in [-0.2, -0.15) is 0 Å². The van der Waals surface area contributed by atoms with Gasteiger partial charge in [0.2, 0.25) is 0 Å². The molecule has 0 saturated heterocycles. The van der Waals surface area contributed by atoms with E-state index < -0.39 is 0 Å². The highest BCUT2D eigenvalue weighted by Gasteiger charge is 1.54. The molecule has 0 nitrogen and oxygen atoms in total. The third-order valence-electron chi connectivity index (χ3n) is 0.225. The highest BCUT2D eigenvalue weighted by molar-refractivity contribution is 7.20. The van der Waals surface area contributed by atoms with Gasteiger partial charge in [-0.1, -0.05) is 11.9 Å². The normalized spacial score (nSPS) is 10.0. The summed E-state index contributed by atoms with van der Waals surface area (Å²) in [6, 6.07) is 0. The summed E-state index contributed by atoms with van der Waals surface area (Å²) in [6.07, 6.45) is 1.85. The summed E-state index contributed by atoms with van der Waals surface area (Å²) in [7, 11) is 2.43. The zero-order chi connectivity index (χ0) is 4.12. The maximum absolute atomic E-state index is 5.20. The highest BCUT2D eigenvalue weighted by Crippen LogP contribution is 1.83. The van der Waals surface area contributed by atoms with Crippen LogP contribution in [0.1, 0.15) is 0 Å². The van der Waals surface area contributed by atoms with Gasteiger partial charge in [-0.3, -0.25) is 0 Å². The second-order valence-corrected chi connectivity index (χ2v) is 1.28. The molecule has 2 heteroatoms. The number of hydrogen-bond acceptors (Lipinski definition) is 0. The first kappa shape index (κ1) is 5.46. The van der Waals surface area contributed by atoms with Gasteiger partial charge in [-0.05, 0) is 0 Å². The maximum Gasteiger partial charge on any atom is 0.0407 e. The summed E-state index contributed by atoms with van der Waals surface area (Å²) in [5.41, 5.74) is 0. The third kappa shape index (κ3) is 4.46. The minimum atomic E-state index is 0.615. The molecule has 0 aliphatic heterocycles. The Hall–Kier alpha value is 0.460. The summed E-state index contributed by atoms with van der Waals surface area (Å²) in [5.74, 6) is 2.45. The third-order valence-corrected chi connectivity index (χ3v) is 0.676. The van der Waals surface area contributed by atoms with Crippen LogP contribution in [0.5, 0.6) is 0 Å². The van der Waals surface area contributed by atoms with E-state index in [0.29, 0.717) is 5.88 Å². The Morgan fingerprint density at radius 1 is 1.80 bits per heavy atom. The van der Waals surface area contributed by atoms with Crippen molar-refractivity contribution in [3.8, 4) is 0 Å². The van der Waals surface area contributed by atoms with Gasteiger partial charge < -0.3 is 0 Å². The van der Waals surface area contributed by atoms with E-state index in [4.69, 9.17) is 11.6 Å². The molecule has 0 N–H and O–H groups in total. The lowest BCUT2D eigenvalue weighted by Crippen LogP contribution is -1.48. The fourth-order valence-corrected chi connectivity index (χ4v) is 0.463. The number of halogens is 1. The SMILES string of the molecule is P/C=C/CCl. The fourth-order valence-electron chi connectivity index (χ4n) is 0.0514. The number of hydrogen-bond donors (Lipinski definition) is 0. The quantitative estimate of drug-likeness (QED) is 0.354. The van der Waals surface area contributed by atoms with Gasteiger partial charge in [0.15, 0.2) is 0 Å². The molecule has 0 heterocycles. The minimum Gasteiger partial charge on any atom is -0.122 e. The van der Waals surface area contributed by atoms with Crippen molar-refractivity contribution in [3.63, 3.8) is 0 Å². The van der Waals surface area contributed by atoms with Crippen LogP contribution < -0.4 is 0 Å². The average molecular weight is 109 g/mol. The van der Waals surface area contributed by atoms with E-state index in [-0.39, 0.29) is 0 Å². The zero-order valence-corrected chi connectivity index (χ0v) is 4.73. The predicted octanol–water partition coefficient (Wildman–Crippen LogP) is 1.61. The summed E-state index contributed by atoms with van der Waals surface area (Å²) < 4.78 is 0. The average Bonchev–Trinajstić information content (AvgIpc) is 1.41. The van der Waals surface area contributed by atoms with Gasteiger partial charge in [0, 0.05) is 5.88 Å². The van der Waals surface area contributed by atoms with Gasteiger partial charge in [0.25, 0.3) is 0 Å². The first-order valence-electron chi connectivity index (χ1n) is 1.34. The van der Waals surface area contributed by atoms with Crippen LogP contribution in [0.2, 0.25) is 0 Å². The van der Waals surface area contributed by atoms with E-state index in [1.165, 1.54) is 0 Å². The molecule has 0 radical (unpaired) electrons. The first-order valence-corrected chi connectivity index (χ1v) is 2.54. The highest BCUT2D eigenvalue weighted by atomic mass is 35.5. The molecule has 0 aliphatic rings. The number of allylic oxidation sites excluding steroid dienone is 1. The number of alkyl halides is 1. The minimum absolute atomic E-state index is 0.615. The summed E-state index contributed by atoms with van der Waals surface area (Å²) in [5, 5.41) is 0. The zero-order valence-electron chi connectivity index (χ0n) is 2.82. The summed E-state index contributed by atoms with van der Waals surface area (Å²) in [4.78, 5) is 0. The molecule has 1 unspecified atom stereocenters. The van der Waals surface area contributed by atoms with Crippen molar-refractivity contribution in [2.75, 3.05) is 5.88 Å². The smallest absolute Gasteiger partial charge is 0.0407 e. The molecular weight excluding hydrogens is 102 g/mol. The molecular formula is C3H6ClP. The standard InChI is InChI=1S/C3H6ClP/c4-2-1-3-5/h1,3H,2,5H2/b3-1+. The van der Waals surface area contributed by atoms with E-state index in [0.717, 1.165) is 0 Å². The van der Waals surface area contributed by atoms with E-state index >= 15 is 0 Å². The van der Waals surface area contributed by atoms with Crippen molar-refractivity contribution < 1.29 is 0 Å². The van der Waals surface area contributed by atoms with Crippen LogP contribution in [0, 0.1) is 0 Å². The molecule has 0 fully saturated rings. The Morgan fingerprint density at radius 2 is 2.40 bits per heavy atom. The first-order chi connectivity index (χ1) is 2.41. The molecule has 0 aromatic heterocycles. The van der Waals surface area contributed by atoms with E-state index in [2.05, 4.69) is 9.24 Å². The molecule has 0 saturated carbocycles. The van der Waals surface area contributed by atoms with Gasteiger partial charge in [0.1, 0.15) is 0 Å². The fraction of sp³-hybridized carbons (Fsp3) is 0.333. The van der Waals surface area contributed by atoms with Crippen LogP contribution in [0.3, 0.4) is 0 Å². The van der Waals surface area contributed by atoms with Crippen LogP contribution in [-0.4, -0.2) is 5.88 Å². The monoisotopic (exact) mass is 108 g/mol. The molecule has 0 aromatic rings. The lowest BCUT2D eigenvalue weighted by molar-refractivity contribution is 1.79. The van der Waals surface area contributed by atoms with Crippen LogP contribution in [0.15, 0.2) is 11.9 Å². The predicted molar refractivity (Wildman–Crippen MR) is 29.6 cm³/mol. The lowest BCUT2D eigenvalue weighted by atomic mass is 10.8. The van der Waals surface area contributed by atoms with Crippen molar-refractivity contribution in [1.82, 2.24) is 0 Å². The second-order valence-electron chi connectivity index (χ2n) is 0.582. The molecule has 0 rings (SSSR count). The van der Waals surface area contributed by atoms with Crippen LogP contribution in [-0.2, 0) is 0 Å².